The third-order valence-corrected chi connectivity index (χ3v) is 7.05. The second kappa shape index (κ2) is 9.66. The highest BCUT2D eigenvalue weighted by atomic mass is 79.9. The summed E-state index contributed by atoms with van der Waals surface area (Å²) in [6.07, 6.45) is -0.316. The molecule has 1 unspecified atom stereocenters. The first-order chi connectivity index (χ1) is 13.4. The van der Waals surface area contributed by atoms with E-state index in [-0.39, 0.29) is 23.8 Å². The molecule has 0 spiro atoms. The standard InChI is InChI=1S/C21H28BrFN2O3S/c1-15-5-6-16(11-20(15)23)12-21(2,3)24-13-18(26)14-25(4)29(27,28)19-9-7-17(22)8-10-19/h5-11,18,24,26H,12-14H2,1-4H3. The van der Waals surface area contributed by atoms with Crippen LogP contribution in [0.1, 0.15) is 25.0 Å². The van der Waals surface area contributed by atoms with E-state index in [0.717, 1.165) is 14.3 Å². The Bertz CT molecular complexity index is 933. The number of rotatable bonds is 9. The van der Waals surface area contributed by atoms with Gasteiger partial charge in [0.15, 0.2) is 0 Å². The number of aryl methyl sites for hydroxylation is 1. The number of nitrogens with one attached hydrogen (secondary N) is 1. The molecule has 0 radical (unpaired) electrons. The Labute approximate surface area is 181 Å². The van der Waals surface area contributed by atoms with Crippen molar-refractivity contribution in [3.05, 3.63) is 63.9 Å². The Hall–Kier alpha value is -1.32. The summed E-state index contributed by atoms with van der Waals surface area (Å²) in [4.78, 5) is 0.171. The highest BCUT2D eigenvalue weighted by molar-refractivity contribution is 9.10. The zero-order valence-electron chi connectivity index (χ0n) is 17.1. The normalized spacial score (nSPS) is 13.7. The molecule has 0 amide bonds. The fraction of sp³-hybridized carbons (Fsp3) is 0.429. The van der Waals surface area contributed by atoms with Crippen LogP contribution in [0, 0.1) is 12.7 Å². The largest absolute Gasteiger partial charge is 0.390 e. The first-order valence-corrected chi connectivity index (χ1v) is 11.5. The number of β-amino-alcohol motifs (C(OH)–C–C–N with tert-alkyl or cyclic N) is 1. The van der Waals surface area contributed by atoms with Gasteiger partial charge in [-0.2, -0.15) is 4.31 Å². The van der Waals surface area contributed by atoms with Gasteiger partial charge < -0.3 is 10.4 Å². The van der Waals surface area contributed by atoms with Crippen molar-refractivity contribution in [3.8, 4) is 0 Å². The highest BCUT2D eigenvalue weighted by Gasteiger charge is 2.25. The van der Waals surface area contributed by atoms with Crippen molar-refractivity contribution in [1.29, 1.82) is 0 Å². The Morgan fingerprint density at radius 2 is 1.83 bits per heavy atom. The van der Waals surface area contributed by atoms with Crippen LogP contribution < -0.4 is 5.32 Å². The fourth-order valence-electron chi connectivity index (χ4n) is 2.96. The first kappa shape index (κ1) is 24.0. The van der Waals surface area contributed by atoms with Crippen molar-refractivity contribution in [1.82, 2.24) is 9.62 Å². The van der Waals surface area contributed by atoms with Crippen molar-refractivity contribution < 1.29 is 17.9 Å². The van der Waals surface area contributed by atoms with E-state index in [2.05, 4.69) is 21.2 Å². The lowest BCUT2D eigenvalue weighted by atomic mass is 9.94. The molecule has 5 nitrogen and oxygen atoms in total. The van der Waals surface area contributed by atoms with Crippen LogP contribution in [0.3, 0.4) is 0 Å². The van der Waals surface area contributed by atoms with Crippen LogP contribution in [0.25, 0.3) is 0 Å². The molecule has 0 aliphatic heterocycles. The third kappa shape index (κ3) is 6.86. The number of hydrogen-bond donors (Lipinski definition) is 2. The molecule has 0 saturated carbocycles. The molecule has 0 aromatic heterocycles. The molecule has 1 atom stereocenters. The number of benzene rings is 2. The molecule has 2 N–H and O–H groups in total. The lowest BCUT2D eigenvalue weighted by molar-refractivity contribution is 0.139. The van der Waals surface area contributed by atoms with Crippen molar-refractivity contribution in [2.24, 2.45) is 0 Å². The van der Waals surface area contributed by atoms with Crippen LogP contribution in [0.2, 0.25) is 0 Å². The predicted octanol–water partition coefficient (Wildman–Crippen LogP) is 3.49. The molecule has 0 fully saturated rings. The van der Waals surface area contributed by atoms with E-state index in [4.69, 9.17) is 0 Å². The maximum atomic E-state index is 13.8. The van der Waals surface area contributed by atoms with E-state index >= 15 is 0 Å². The lowest BCUT2D eigenvalue weighted by Gasteiger charge is -2.29. The van der Waals surface area contributed by atoms with Gasteiger partial charge in [-0.05, 0) is 68.7 Å². The van der Waals surface area contributed by atoms with E-state index in [1.807, 2.05) is 19.9 Å². The van der Waals surface area contributed by atoms with Gasteiger partial charge in [0.05, 0.1) is 11.0 Å². The Kier molecular flexibility index (Phi) is 7.98. The van der Waals surface area contributed by atoms with Gasteiger partial charge in [0.1, 0.15) is 5.82 Å². The molecule has 2 rings (SSSR count). The molecular weight excluding hydrogens is 459 g/mol. The second-order valence-corrected chi connectivity index (χ2v) is 10.9. The molecule has 0 aliphatic rings. The SMILES string of the molecule is Cc1ccc(CC(C)(C)NCC(O)CN(C)S(=O)(=O)c2ccc(Br)cc2)cc1F. The zero-order chi connectivity index (χ0) is 21.8. The van der Waals surface area contributed by atoms with Gasteiger partial charge in [0, 0.05) is 30.1 Å². The molecular formula is C21H28BrFN2O3S. The Balaban J connectivity index is 1.92. The van der Waals surface area contributed by atoms with Gasteiger partial charge in [-0.1, -0.05) is 28.1 Å². The Morgan fingerprint density at radius 1 is 1.21 bits per heavy atom. The first-order valence-electron chi connectivity index (χ1n) is 9.31. The number of likely N-dealkylation sites (N-methyl/N-ethyl adjacent to an activating group) is 1. The monoisotopic (exact) mass is 486 g/mol. The van der Waals surface area contributed by atoms with Crippen LogP contribution in [0.4, 0.5) is 4.39 Å². The van der Waals surface area contributed by atoms with Crippen LogP contribution in [0.15, 0.2) is 51.8 Å². The average molecular weight is 487 g/mol. The molecule has 0 heterocycles. The quantitative estimate of drug-likeness (QED) is 0.569. The van der Waals surface area contributed by atoms with Crippen molar-refractivity contribution >= 4 is 26.0 Å². The summed E-state index contributed by atoms with van der Waals surface area (Å²) in [6, 6.07) is 11.5. The van der Waals surface area contributed by atoms with E-state index in [9.17, 15) is 17.9 Å². The van der Waals surface area contributed by atoms with Crippen molar-refractivity contribution in [2.75, 3.05) is 20.1 Å². The minimum Gasteiger partial charge on any atom is -0.390 e. The summed E-state index contributed by atoms with van der Waals surface area (Å²) in [5.41, 5.74) is 1.06. The summed E-state index contributed by atoms with van der Waals surface area (Å²) in [7, 11) is -2.23. The fourth-order valence-corrected chi connectivity index (χ4v) is 4.43. The maximum Gasteiger partial charge on any atom is 0.242 e. The van der Waals surface area contributed by atoms with E-state index in [0.29, 0.717) is 12.0 Å². The average Bonchev–Trinajstić information content (AvgIpc) is 2.63. The minimum absolute atomic E-state index is 0.0410. The van der Waals surface area contributed by atoms with Crippen LogP contribution in [0.5, 0.6) is 0 Å². The topological polar surface area (TPSA) is 69.6 Å². The molecule has 0 bridgehead atoms. The number of halogens is 2. The summed E-state index contributed by atoms with van der Waals surface area (Å²) in [5, 5.41) is 13.6. The summed E-state index contributed by atoms with van der Waals surface area (Å²) < 4.78 is 40.9. The van der Waals surface area contributed by atoms with Gasteiger partial charge in [0.25, 0.3) is 0 Å². The van der Waals surface area contributed by atoms with Crippen LogP contribution >= 0.6 is 15.9 Å². The van der Waals surface area contributed by atoms with Gasteiger partial charge in [-0.15, -0.1) is 0 Å². The van der Waals surface area contributed by atoms with E-state index in [1.54, 1.807) is 25.1 Å². The minimum atomic E-state index is -3.68. The van der Waals surface area contributed by atoms with Gasteiger partial charge in [-0.25, -0.2) is 12.8 Å². The summed E-state index contributed by atoms with van der Waals surface area (Å²) >= 11 is 3.28. The number of nitrogens with zero attached hydrogens (tertiary/aromatic N) is 1. The van der Waals surface area contributed by atoms with Crippen LogP contribution in [-0.4, -0.2) is 49.6 Å². The molecule has 160 valence electrons. The second-order valence-electron chi connectivity index (χ2n) is 7.92. The van der Waals surface area contributed by atoms with Crippen molar-refractivity contribution in [3.63, 3.8) is 0 Å². The predicted molar refractivity (Wildman–Crippen MR) is 117 cm³/mol. The molecule has 2 aromatic carbocycles. The third-order valence-electron chi connectivity index (χ3n) is 4.69. The molecule has 8 heteroatoms. The highest BCUT2D eigenvalue weighted by Crippen LogP contribution is 2.19. The zero-order valence-corrected chi connectivity index (χ0v) is 19.5. The molecule has 0 aliphatic carbocycles. The smallest absolute Gasteiger partial charge is 0.242 e. The number of hydrogen-bond acceptors (Lipinski definition) is 4. The van der Waals surface area contributed by atoms with E-state index in [1.165, 1.54) is 25.2 Å². The number of aliphatic hydroxyl groups is 1. The Morgan fingerprint density at radius 3 is 2.41 bits per heavy atom. The molecule has 29 heavy (non-hydrogen) atoms. The van der Waals surface area contributed by atoms with Crippen LogP contribution in [-0.2, 0) is 16.4 Å². The maximum absolute atomic E-state index is 13.8. The van der Waals surface area contributed by atoms with Gasteiger partial charge in [-0.3, -0.25) is 0 Å². The summed E-state index contributed by atoms with van der Waals surface area (Å²) in [5.74, 6) is -0.238. The van der Waals surface area contributed by atoms with Crippen molar-refractivity contribution in [2.45, 2.75) is 43.7 Å². The van der Waals surface area contributed by atoms with Gasteiger partial charge in [0.2, 0.25) is 10.0 Å². The van der Waals surface area contributed by atoms with E-state index < -0.39 is 21.7 Å². The number of aliphatic hydroxyl groups excluding tert-OH is 1. The molecule has 0 saturated heterocycles. The summed E-state index contributed by atoms with van der Waals surface area (Å²) in [6.45, 7) is 5.80. The molecule has 2 aromatic rings. The van der Waals surface area contributed by atoms with Gasteiger partial charge >= 0.3 is 0 Å². The number of sulfonamides is 1. The lowest BCUT2D eigenvalue weighted by Crippen LogP contribution is -2.47.